The van der Waals surface area contributed by atoms with Gasteiger partial charge in [0.2, 0.25) is 11.8 Å². The average Bonchev–Trinajstić information content (AvgIpc) is 2.86. The molecule has 0 aromatic carbocycles. The second-order valence-corrected chi connectivity index (χ2v) is 8.25. The zero-order valence-corrected chi connectivity index (χ0v) is 15.9. The fourth-order valence-electron chi connectivity index (χ4n) is 2.99. The molecule has 0 aromatic rings. The lowest BCUT2D eigenvalue weighted by molar-refractivity contribution is -0.141. The van der Waals surface area contributed by atoms with Crippen LogP contribution in [0.25, 0.3) is 0 Å². The van der Waals surface area contributed by atoms with Crippen molar-refractivity contribution in [3.8, 4) is 0 Å². The van der Waals surface area contributed by atoms with Gasteiger partial charge < -0.3 is 20.3 Å². The Labute approximate surface area is 144 Å². The van der Waals surface area contributed by atoms with Crippen molar-refractivity contribution in [1.82, 2.24) is 15.5 Å². The van der Waals surface area contributed by atoms with Gasteiger partial charge in [-0.3, -0.25) is 9.59 Å². The molecule has 0 bridgehead atoms. The van der Waals surface area contributed by atoms with Gasteiger partial charge in [0.1, 0.15) is 18.2 Å². The first-order valence-electron chi connectivity index (χ1n) is 8.36. The van der Waals surface area contributed by atoms with Gasteiger partial charge in [-0.05, 0) is 39.0 Å². The highest BCUT2D eigenvalue weighted by Crippen LogP contribution is 2.36. The molecule has 7 heteroatoms. The molecule has 24 heavy (non-hydrogen) atoms. The second-order valence-electron chi connectivity index (χ2n) is 8.25. The molecular formula is C17H31N3O4. The third kappa shape index (κ3) is 5.39. The van der Waals surface area contributed by atoms with Crippen LogP contribution in [0.15, 0.2) is 0 Å². The number of nitrogens with one attached hydrogen (secondary N) is 2. The molecule has 1 saturated heterocycles. The van der Waals surface area contributed by atoms with Gasteiger partial charge in [-0.25, -0.2) is 4.79 Å². The summed E-state index contributed by atoms with van der Waals surface area (Å²) in [6.45, 7) is 11.2. The van der Waals surface area contributed by atoms with E-state index in [-0.39, 0.29) is 29.8 Å². The summed E-state index contributed by atoms with van der Waals surface area (Å²) in [6.07, 6.45) is 0.748. The number of alkyl carbamates (subject to hydrolysis) is 1. The molecule has 0 aromatic heterocycles. The van der Waals surface area contributed by atoms with Crippen molar-refractivity contribution in [3.05, 3.63) is 0 Å². The molecule has 1 aliphatic rings. The number of likely N-dealkylation sites (N-methyl/N-ethyl adjacent to an activating group) is 1. The van der Waals surface area contributed by atoms with Crippen molar-refractivity contribution >= 4 is 17.9 Å². The number of hydrogen-bond donors (Lipinski definition) is 2. The lowest BCUT2D eigenvalue weighted by Crippen LogP contribution is -2.54. The lowest BCUT2D eigenvalue weighted by atomic mass is 9.85. The lowest BCUT2D eigenvalue weighted by Gasteiger charge is -2.37. The number of hydrogen-bond acceptors (Lipinski definition) is 4. The van der Waals surface area contributed by atoms with Crippen LogP contribution in [0.3, 0.4) is 0 Å². The molecular weight excluding hydrogens is 310 g/mol. The van der Waals surface area contributed by atoms with Gasteiger partial charge in [-0.1, -0.05) is 20.8 Å². The Hall–Kier alpha value is -1.79. The van der Waals surface area contributed by atoms with E-state index >= 15 is 0 Å². The predicted octanol–water partition coefficient (Wildman–Crippen LogP) is 1.66. The number of likely N-dealkylation sites (tertiary alicyclic amines) is 1. The Balaban J connectivity index is 2.81. The minimum Gasteiger partial charge on any atom is -0.444 e. The van der Waals surface area contributed by atoms with E-state index in [2.05, 4.69) is 10.6 Å². The minimum absolute atomic E-state index is 0.0484. The van der Waals surface area contributed by atoms with E-state index in [1.807, 2.05) is 20.8 Å². The van der Waals surface area contributed by atoms with Crippen molar-refractivity contribution in [3.63, 3.8) is 0 Å². The first kappa shape index (κ1) is 20.3. The van der Waals surface area contributed by atoms with Crippen LogP contribution in [0.5, 0.6) is 0 Å². The molecule has 0 radical (unpaired) electrons. The van der Waals surface area contributed by atoms with Crippen LogP contribution in [0.2, 0.25) is 0 Å². The van der Waals surface area contributed by atoms with E-state index in [9.17, 15) is 14.4 Å². The van der Waals surface area contributed by atoms with Gasteiger partial charge in [0.05, 0.1) is 0 Å². The molecule has 0 spiro atoms. The van der Waals surface area contributed by atoms with Crippen LogP contribution in [0, 0.1) is 5.41 Å². The number of ether oxygens (including phenoxy) is 1. The Kier molecular flexibility index (Phi) is 6.25. The largest absolute Gasteiger partial charge is 0.444 e. The molecule has 138 valence electrons. The summed E-state index contributed by atoms with van der Waals surface area (Å²) in [5.41, 5.74) is -0.774. The summed E-state index contributed by atoms with van der Waals surface area (Å²) in [5.74, 6) is -0.445. The topological polar surface area (TPSA) is 87.7 Å². The SMILES string of the molecule is CNC(=O)[C@@H]1CC[C@H](C(C)(C)C)N1C(=O)CNC(=O)OC(C)(C)C. The van der Waals surface area contributed by atoms with Crippen molar-refractivity contribution in [2.75, 3.05) is 13.6 Å². The van der Waals surface area contributed by atoms with E-state index in [4.69, 9.17) is 4.74 Å². The summed E-state index contributed by atoms with van der Waals surface area (Å²) in [7, 11) is 1.56. The first-order chi connectivity index (χ1) is 10.9. The van der Waals surface area contributed by atoms with Crippen LogP contribution < -0.4 is 10.6 Å². The van der Waals surface area contributed by atoms with E-state index in [0.29, 0.717) is 6.42 Å². The average molecular weight is 341 g/mol. The fraction of sp³-hybridized carbons (Fsp3) is 0.824. The highest BCUT2D eigenvalue weighted by Gasteiger charge is 2.45. The monoisotopic (exact) mass is 341 g/mol. The molecule has 0 unspecified atom stereocenters. The summed E-state index contributed by atoms with van der Waals surface area (Å²) in [4.78, 5) is 38.2. The Morgan fingerprint density at radius 1 is 1.08 bits per heavy atom. The van der Waals surface area contributed by atoms with Gasteiger partial charge in [-0.15, -0.1) is 0 Å². The maximum Gasteiger partial charge on any atom is 0.408 e. The molecule has 7 nitrogen and oxygen atoms in total. The molecule has 0 aliphatic carbocycles. The van der Waals surface area contributed by atoms with Crippen LogP contribution in [-0.2, 0) is 14.3 Å². The summed E-state index contributed by atoms with van der Waals surface area (Å²) >= 11 is 0. The van der Waals surface area contributed by atoms with E-state index < -0.39 is 17.7 Å². The number of carbonyl (C=O) groups excluding carboxylic acids is 3. The van der Waals surface area contributed by atoms with Crippen LogP contribution in [0.1, 0.15) is 54.4 Å². The van der Waals surface area contributed by atoms with Gasteiger partial charge >= 0.3 is 6.09 Å². The quantitative estimate of drug-likeness (QED) is 0.817. The number of carbonyl (C=O) groups is 3. The molecule has 1 fully saturated rings. The maximum absolute atomic E-state index is 12.7. The van der Waals surface area contributed by atoms with Gasteiger partial charge in [0.15, 0.2) is 0 Å². The van der Waals surface area contributed by atoms with Gasteiger partial charge in [0, 0.05) is 13.1 Å². The Bertz CT molecular complexity index is 491. The van der Waals surface area contributed by atoms with Crippen molar-refractivity contribution in [2.45, 2.75) is 72.1 Å². The highest BCUT2D eigenvalue weighted by atomic mass is 16.6. The van der Waals surface area contributed by atoms with Gasteiger partial charge in [0.25, 0.3) is 0 Å². The number of amides is 3. The number of nitrogens with zero attached hydrogens (tertiary/aromatic N) is 1. The third-order valence-corrected chi connectivity index (χ3v) is 4.00. The first-order valence-corrected chi connectivity index (χ1v) is 8.36. The van der Waals surface area contributed by atoms with E-state index in [1.54, 1.807) is 32.7 Å². The molecule has 2 atom stereocenters. The molecule has 1 rings (SSSR count). The zero-order valence-electron chi connectivity index (χ0n) is 15.9. The van der Waals surface area contributed by atoms with E-state index in [1.165, 1.54) is 0 Å². The molecule has 3 amide bonds. The minimum atomic E-state index is -0.640. The number of rotatable bonds is 3. The van der Waals surface area contributed by atoms with Crippen LogP contribution >= 0.6 is 0 Å². The predicted molar refractivity (Wildman–Crippen MR) is 91.4 cm³/mol. The zero-order chi connectivity index (χ0) is 18.7. The smallest absolute Gasteiger partial charge is 0.408 e. The van der Waals surface area contributed by atoms with Crippen molar-refractivity contribution in [1.29, 1.82) is 0 Å². The Morgan fingerprint density at radius 3 is 2.12 bits per heavy atom. The van der Waals surface area contributed by atoms with Crippen LogP contribution in [-0.4, -0.2) is 54.1 Å². The van der Waals surface area contributed by atoms with Crippen LogP contribution in [0.4, 0.5) is 4.79 Å². The third-order valence-electron chi connectivity index (χ3n) is 4.00. The summed E-state index contributed by atoms with van der Waals surface area (Å²) in [5, 5.41) is 5.10. The van der Waals surface area contributed by atoms with Gasteiger partial charge in [-0.2, -0.15) is 0 Å². The van der Waals surface area contributed by atoms with Crippen molar-refractivity contribution in [2.24, 2.45) is 5.41 Å². The van der Waals surface area contributed by atoms with E-state index in [0.717, 1.165) is 6.42 Å². The maximum atomic E-state index is 12.7. The fourth-order valence-corrected chi connectivity index (χ4v) is 2.99. The van der Waals surface area contributed by atoms with Crippen molar-refractivity contribution < 1.29 is 19.1 Å². The standard InChI is InChI=1S/C17H31N3O4/c1-16(2,3)12-9-8-11(14(22)18-7)20(12)13(21)10-19-15(23)24-17(4,5)6/h11-12H,8-10H2,1-7H3,(H,18,22)(H,19,23)/t11-,12+/m0/s1. The Morgan fingerprint density at radius 2 is 1.67 bits per heavy atom. The molecule has 0 saturated carbocycles. The molecule has 1 aliphatic heterocycles. The highest BCUT2D eigenvalue weighted by molar-refractivity contribution is 5.90. The molecule has 1 heterocycles. The summed E-state index contributed by atoms with van der Waals surface area (Å²) in [6, 6.07) is -0.542. The molecule has 2 N–H and O–H groups in total. The summed E-state index contributed by atoms with van der Waals surface area (Å²) < 4.78 is 5.14. The normalized spacial score (nSPS) is 21.4. The second kappa shape index (κ2) is 7.40.